The Labute approximate surface area is 105 Å². The number of esters is 1. The largest absolute Gasteiger partial charge is 0.468 e. The first-order chi connectivity index (χ1) is 7.95. The van der Waals surface area contributed by atoms with E-state index in [1.807, 2.05) is 6.92 Å². The summed E-state index contributed by atoms with van der Waals surface area (Å²) in [5.41, 5.74) is 0. The normalized spacial score (nSPS) is 31.3. The van der Waals surface area contributed by atoms with E-state index in [1.165, 1.54) is 26.4 Å². The molecule has 0 aromatic heterocycles. The molecule has 3 heteroatoms. The van der Waals surface area contributed by atoms with Crippen LogP contribution in [0.1, 0.15) is 47.0 Å². The fourth-order valence-electron chi connectivity index (χ4n) is 2.96. The molecule has 0 radical (unpaired) electrons. The van der Waals surface area contributed by atoms with Crippen LogP contribution in [0.5, 0.6) is 0 Å². The minimum Gasteiger partial charge on any atom is -0.468 e. The van der Waals surface area contributed by atoms with Crippen molar-refractivity contribution in [3.8, 4) is 0 Å². The molecule has 0 aliphatic heterocycles. The van der Waals surface area contributed by atoms with Crippen molar-refractivity contribution in [3.63, 3.8) is 0 Å². The quantitative estimate of drug-likeness (QED) is 0.769. The highest BCUT2D eigenvalue weighted by molar-refractivity contribution is 5.75. The molecule has 0 aromatic rings. The van der Waals surface area contributed by atoms with Crippen molar-refractivity contribution in [2.24, 2.45) is 17.8 Å². The molecule has 4 atom stereocenters. The van der Waals surface area contributed by atoms with E-state index in [2.05, 4.69) is 26.1 Å². The van der Waals surface area contributed by atoms with Crippen molar-refractivity contribution in [1.29, 1.82) is 0 Å². The summed E-state index contributed by atoms with van der Waals surface area (Å²) in [5, 5.41) is 3.46. The number of carbonyl (C=O) groups is 1. The van der Waals surface area contributed by atoms with Gasteiger partial charge >= 0.3 is 5.97 Å². The van der Waals surface area contributed by atoms with Crippen molar-refractivity contribution in [3.05, 3.63) is 0 Å². The Balaban J connectivity index is 2.60. The molecule has 0 amide bonds. The first-order valence-electron chi connectivity index (χ1n) is 6.79. The third-order valence-corrected chi connectivity index (χ3v) is 4.04. The summed E-state index contributed by atoms with van der Waals surface area (Å²) in [7, 11) is 1.45. The van der Waals surface area contributed by atoms with Crippen LogP contribution in [-0.4, -0.2) is 25.2 Å². The van der Waals surface area contributed by atoms with Crippen LogP contribution in [0, 0.1) is 17.8 Å². The fraction of sp³-hybridized carbons (Fsp3) is 0.929. The Morgan fingerprint density at radius 1 is 1.29 bits per heavy atom. The molecule has 0 spiro atoms. The molecule has 1 N–H and O–H groups in total. The number of carbonyl (C=O) groups excluding carboxylic acids is 1. The molecular formula is C14H27NO2. The van der Waals surface area contributed by atoms with E-state index in [4.69, 9.17) is 4.74 Å². The standard InChI is InChI=1S/C14H27NO2/c1-9(2)12-7-6-10(3)8-13(12)15-11(4)14(16)17-5/h9-13,15H,6-8H2,1-5H3. The molecule has 1 fully saturated rings. The van der Waals surface area contributed by atoms with Crippen LogP contribution in [0.4, 0.5) is 0 Å². The maximum Gasteiger partial charge on any atom is 0.322 e. The van der Waals surface area contributed by atoms with Crippen LogP contribution in [0.25, 0.3) is 0 Å². The SMILES string of the molecule is COC(=O)C(C)NC1CC(C)CCC1C(C)C. The van der Waals surface area contributed by atoms with Gasteiger partial charge in [0, 0.05) is 6.04 Å². The highest BCUT2D eigenvalue weighted by Gasteiger charge is 2.32. The average molecular weight is 241 g/mol. The number of hydrogen-bond donors (Lipinski definition) is 1. The first-order valence-corrected chi connectivity index (χ1v) is 6.79. The summed E-state index contributed by atoms with van der Waals surface area (Å²) in [4.78, 5) is 11.5. The number of methoxy groups -OCH3 is 1. The molecule has 1 saturated carbocycles. The van der Waals surface area contributed by atoms with Gasteiger partial charge < -0.3 is 10.1 Å². The van der Waals surface area contributed by atoms with Gasteiger partial charge in [-0.25, -0.2) is 0 Å². The second-order valence-electron chi connectivity index (χ2n) is 5.84. The van der Waals surface area contributed by atoms with Gasteiger partial charge in [0.05, 0.1) is 7.11 Å². The maximum atomic E-state index is 11.5. The van der Waals surface area contributed by atoms with E-state index < -0.39 is 0 Å². The van der Waals surface area contributed by atoms with Crippen LogP contribution in [0.3, 0.4) is 0 Å². The van der Waals surface area contributed by atoms with Crippen molar-refractivity contribution >= 4 is 5.97 Å². The van der Waals surface area contributed by atoms with Gasteiger partial charge in [-0.2, -0.15) is 0 Å². The molecule has 0 saturated heterocycles. The second-order valence-corrected chi connectivity index (χ2v) is 5.84. The molecule has 1 rings (SSSR count). The van der Waals surface area contributed by atoms with E-state index in [-0.39, 0.29) is 12.0 Å². The molecule has 3 nitrogen and oxygen atoms in total. The third kappa shape index (κ3) is 3.98. The van der Waals surface area contributed by atoms with Crippen molar-refractivity contribution in [1.82, 2.24) is 5.32 Å². The monoisotopic (exact) mass is 241 g/mol. The number of ether oxygens (including phenoxy) is 1. The van der Waals surface area contributed by atoms with Gasteiger partial charge in [0.25, 0.3) is 0 Å². The lowest BCUT2D eigenvalue weighted by molar-refractivity contribution is -0.143. The van der Waals surface area contributed by atoms with Crippen molar-refractivity contribution in [2.45, 2.75) is 59.0 Å². The Morgan fingerprint density at radius 2 is 1.94 bits per heavy atom. The van der Waals surface area contributed by atoms with Gasteiger partial charge in [-0.3, -0.25) is 4.79 Å². The third-order valence-electron chi connectivity index (χ3n) is 4.04. The Morgan fingerprint density at radius 3 is 2.47 bits per heavy atom. The molecule has 4 unspecified atom stereocenters. The summed E-state index contributed by atoms with van der Waals surface area (Å²) >= 11 is 0. The molecular weight excluding hydrogens is 214 g/mol. The Hall–Kier alpha value is -0.570. The summed E-state index contributed by atoms with van der Waals surface area (Å²) in [5.74, 6) is 1.95. The van der Waals surface area contributed by atoms with Gasteiger partial charge in [-0.1, -0.05) is 27.2 Å². The van der Waals surface area contributed by atoms with Crippen molar-refractivity contribution < 1.29 is 9.53 Å². The molecule has 1 aliphatic rings. The molecule has 1 aliphatic carbocycles. The lowest BCUT2D eigenvalue weighted by Gasteiger charge is -2.39. The van der Waals surface area contributed by atoms with Crippen LogP contribution in [0.15, 0.2) is 0 Å². The summed E-state index contributed by atoms with van der Waals surface area (Å²) in [6, 6.07) is 0.254. The zero-order chi connectivity index (χ0) is 13.0. The zero-order valence-electron chi connectivity index (χ0n) is 11.8. The van der Waals surface area contributed by atoms with E-state index in [1.54, 1.807) is 0 Å². The summed E-state index contributed by atoms with van der Waals surface area (Å²) in [6.45, 7) is 8.74. The minimum atomic E-state index is -0.198. The van der Waals surface area contributed by atoms with Crippen LogP contribution in [0.2, 0.25) is 0 Å². The first kappa shape index (κ1) is 14.5. The molecule has 0 aromatic carbocycles. The van der Waals surface area contributed by atoms with E-state index in [0.717, 1.165) is 5.92 Å². The smallest absolute Gasteiger partial charge is 0.322 e. The average Bonchev–Trinajstić information content (AvgIpc) is 2.27. The van der Waals surface area contributed by atoms with Crippen LogP contribution in [-0.2, 0) is 9.53 Å². The van der Waals surface area contributed by atoms with E-state index in [0.29, 0.717) is 17.9 Å². The van der Waals surface area contributed by atoms with E-state index >= 15 is 0 Å². The van der Waals surface area contributed by atoms with Crippen LogP contribution < -0.4 is 5.32 Å². The fourth-order valence-corrected chi connectivity index (χ4v) is 2.96. The highest BCUT2D eigenvalue weighted by atomic mass is 16.5. The van der Waals surface area contributed by atoms with Gasteiger partial charge in [-0.05, 0) is 37.5 Å². The van der Waals surface area contributed by atoms with Gasteiger partial charge in [0.2, 0.25) is 0 Å². The lowest BCUT2D eigenvalue weighted by atomic mass is 9.74. The molecule has 0 bridgehead atoms. The topological polar surface area (TPSA) is 38.3 Å². The maximum absolute atomic E-state index is 11.5. The highest BCUT2D eigenvalue weighted by Crippen LogP contribution is 2.33. The number of rotatable bonds is 4. The number of hydrogen-bond acceptors (Lipinski definition) is 3. The predicted molar refractivity (Wildman–Crippen MR) is 69.7 cm³/mol. The molecule has 0 heterocycles. The molecule has 17 heavy (non-hydrogen) atoms. The van der Waals surface area contributed by atoms with Gasteiger partial charge in [0.1, 0.15) is 6.04 Å². The lowest BCUT2D eigenvalue weighted by Crippen LogP contribution is -2.49. The molecule has 100 valence electrons. The summed E-state index contributed by atoms with van der Waals surface area (Å²) < 4.78 is 4.77. The Kier molecular flexibility index (Phi) is 5.44. The van der Waals surface area contributed by atoms with Gasteiger partial charge in [-0.15, -0.1) is 0 Å². The Bertz CT molecular complexity index is 253. The van der Waals surface area contributed by atoms with Crippen molar-refractivity contribution in [2.75, 3.05) is 7.11 Å². The second kappa shape index (κ2) is 6.39. The predicted octanol–water partition coefficient (Wildman–Crippen LogP) is 2.60. The minimum absolute atomic E-state index is 0.161. The zero-order valence-corrected chi connectivity index (χ0v) is 11.8. The van der Waals surface area contributed by atoms with E-state index in [9.17, 15) is 4.79 Å². The summed E-state index contributed by atoms with van der Waals surface area (Å²) in [6.07, 6.45) is 3.75. The number of nitrogens with one attached hydrogen (secondary N) is 1. The van der Waals surface area contributed by atoms with Crippen LogP contribution >= 0.6 is 0 Å². The van der Waals surface area contributed by atoms with Gasteiger partial charge in [0.15, 0.2) is 0 Å².